The summed E-state index contributed by atoms with van der Waals surface area (Å²) in [6.45, 7) is 1.59. The molecule has 14 heteroatoms. The van der Waals surface area contributed by atoms with E-state index in [0.29, 0.717) is 11.6 Å². The Morgan fingerprint density at radius 2 is 1.69 bits per heavy atom. The largest absolute Gasteiger partial charge is 0.453 e. The maximum atomic E-state index is 13.6. The van der Waals surface area contributed by atoms with Crippen LogP contribution < -0.4 is 9.46 Å². The van der Waals surface area contributed by atoms with E-state index in [-0.39, 0.29) is 5.56 Å². The van der Waals surface area contributed by atoms with E-state index in [1.54, 1.807) is 19.1 Å². The number of ether oxygens (including phenoxy) is 2. The highest BCUT2D eigenvalue weighted by molar-refractivity contribution is 7.92. The number of carbonyl (C=O) groups excluding carboxylic acids is 3. The summed E-state index contributed by atoms with van der Waals surface area (Å²) in [6, 6.07) is 11.0. The van der Waals surface area contributed by atoms with Crippen molar-refractivity contribution in [1.29, 1.82) is 0 Å². The van der Waals surface area contributed by atoms with Gasteiger partial charge in [0.15, 0.2) is 5.03 Å². The molecule has 1 aliphatic heterocycles. The van der Waals surface area contributed by atoms with Crippen LogP contribution in [0.1, 0.15) is 11.1 Å². The first kappa shape index (κ1) is 24.8. The second kappa shape index (κ2) is 9.03. The summed E-state index contributed by atoms with van der Waals surface area (Å²) in [4.78, 5) is 42.0. The molecule has 2 aromatic heterocycles. The fourth-order valence-corrected chi connectivity index (χ4v) is 4.18. The molecule has 1 aromatic carbocycles. The molecule has 0 spiro atoms. The second-order valence-corrected chi connectivity index (χ2v) is 9.02. The van der Waals surface area contributed by atoms with Crippen LogP contribution in [0.2, 0.25) is 0 Å². The zero-order chi connectivity index (χ0) is 26.3. The highest BCUT2D eigenvalue weighted by Crippen LogP contribution is 2.38. The number of rotatable bonds is 6. The molecule has 1 fully saturated rings. The molecule has 1 unspecified atom stereocenters. The summed E-state index contributed by atoms with van der Waals surface area (Å²) in [5.41, 5.74) is -0.896. The number of aromatic nitrogens is 2. The second-order valence-electron chi connectivity index (χ2n) is 7.40. The average molecular weight is 521 g/mol. The molecule has 3 aromatic rings. The number of alkyl halides is 3. The maximum Gasteiger partial charge on any atom is 0.418 e. The minimum absolute atomic E-state index is 0.155. The highest BCUT2D eigenvalue weighted by Gasteiger charge is 2.45. The standard InChI is InChI=1S/C22H14F3N3O7S/c1-11-5-2-3-6-12(11)17-13(22(23,24)25)9-10-14(26-17)28-36(32,33)16-8-4-7-15(27-16)34-19-18(29)20(30)35-21(19)31/h2-10,19H,1H3,(H,26,28). The van der Waals surface area contributed by atoms with Crippen LogP contribution in [0.4, 0.5) is 19.0 Å². The number of nitrogens with one attached hydrogen (secondary N) is 1. The van der Waals surface area contributed by atoms with Gasteiger partial charge in [0.25, 0.3) is 21.9 Å². The Balaban J connectivity index is 1.66. The molecule has 1 saturated heterocycles. The van der Waals surface area contributed by atoms with Crippen molar-refractivity contribution < 1.29 is 45.4 Å². The van der Waals surface area contributed by atoms with Crippen molar-refractivity contribution in [3.05, 3.63) is 65.7 Å². The van der Waals surface area contributed by atoms with E-state index in [9.17, 15) is 36.0 Å². The number of pyridine rings is 2. The molecule has 4 rings (SSSR count). The summed E-state index contributed by atoms with van der Waals surface area (Å²) in [5, 5.41) is -0.663. The number of ketones is 1. The van der Waals surface area contributed by atoms with Gasteiger partial charge in [0.1, 0.15) is 5.82 Å². The number of sulfonamides is 1. The third-order valence-corrected chi connectivity index (χ3v) is 6.15. The van der Waals surface area contributed by atoms with E-state index in [1.165, 1.54) is 18.2 Å². The Hall–Kier alpha value is -4.33. The normalized spacial score (nSPS) is 16.1. The van der Waals surface area contributed by atoms with Crippen LogP contribution in [0, 0.1) is 6.92 Å². The highest BCUT2D eigenvalue weighted by atomic mass is 32.2. The van der Waals surface area contributed by atoms with Gasteiger partial charge in [-0.1, -0.05) is 30.3 Å². The molecule has 0 amide bonds. The predicted octanol–water partition coefficient (Wildman–Crippen LogP) is 2.67. The van der Waals surface area contributed by atoms with Gasteiger partial charge in [0.05, 0.1) is 11.3 Å². The molecule has 3 heterocycles. The predicted molar refractivity (Wildman–Crippen MR) is 115 cm³/mol. The van der Waals surface area contributed by atoms with Gasteiger partial charge < -0.3 is 9.47 Å². The minimum Gasteiger partial charge on any atom is -0.453 e. The molecular weight excluding hydrogens is 507 g/mol. The third-order valence-electron chi connectivity index (χ3n) is 4.90. The molecule has 0 saturated carbocycles. The summed E-state index contributed by atoms with van der Waals surface area (Å²) in [7, 11) is -4.52. The molecule has 1 N–H and O–H groups in total. The van der Waals surface area contributed by atoms with Gasteiger partial charge in [-0.05, 0) is 30.7 Å². The zero-order valence-electron chi connectivity index (χ0n) is 18.1. The van der Waals surface area contributed by atoms with Crippen LogP contribution in [0.15, 0.2) is 59.6 Å². The Morgan fingerprint density at radius 1 is 0.972 bits per heavy atom. The summed E-state index contributed by atoms with van der Waals surface area (Å²) in [5.74, 6) is -4.91. The number of halogens is 3. The van der Waals surface area contributed by atoms with Gasteiger partial charge >= 0.3 is 18.1 Å². The Bertz CT molecular complexity index is 1510. The number of anilines is 1. The summed E-state index contributed by atoms with van der Waals surface area (Å²) >= 11 is 0. The number of hydrogen-bond acceptors (Lipinski definition) is 9. The van der Waals surface area contributed by atoms with Crippen molar-refractivity contribution >= 4 is 33.6 Å². The van der Waals surface area contributed by atoms with E-state index >= 15 is 0 Å². The lowest BCUT2D eigenvalue weighted by atomic mass is 10.0. The lowest BCUT2D eigenvalue weighted by Gasteiger charge is -2.16. The molecular formula is C22H14F3N3O7S. The van der Waals surface area contributed by atoms with Gasteiger partial charge in [-0.15, -0.1) is 0 Å². The smallest absolute Gasteiger partial charge is 0.418 e. The third kappa shape index (κ3) is 4.88. The first-order valence-corrected chi connectivity index (χ1v) is 11.5. The van der Waals surface area contributed by atoms with Crippen LogP contribution in [0.25, 0.3) is 11.3 Å². The maximum absolute atomic E-state index is 13.6. The number of carbonyl (C=O) groups is 3. The first-order valence-electron chi connectivity index (χ1n) is 9.97. The van der Waals surface area contributed by atoms with E-state index in [2.05, 4.69) is 19.4 Å². The van der Waals surface area contributed by atoms with Gasteiger partial charge in [-0.2, -0.15) is 26.6 Å². The Morgan fingerprint density at radius 3 is 2.33 bits per heavy atom. The first-order chi connectivity index (χ1) is 16.9. The minimum atomic E-state index is -4.75. The number of benzene rings is 1. The summed E-state index contributed by atoms with van der Waals surface area (Å²) in [6.07, 6.45) is -6.70. The number of hydrogen-bond donors (Lipinski definition) is 1. The molecule has 0 aliphatic carbocycles. The van der Waals surface area contributed by atoms with Crippen LogP contribution in [-0.4, -0.2) is 42.2 Å². The number of aryl methyl sites for hydroxylation is 1. The van der Waals surface area contributed by atoms with Crippen LogP contribution >= 0.6 is 0 Å². The molecule has 1 aliphatic rings. The molecule has 1 atom stereocenters. The Labute approximate surface area is 201 Å². The monoisotopic (exact) mass is 521 g/mol. The van der Waals surface area contributed by atoms with Crippen molar-refractivity contribution in [3.8, 4) is 17.1 Å². The van der Waals surface area contributed by atoms with Gasteiger partial charge in [0.2, 0.25) is 5.88 Å². The number of cyclic esters (lactones) is 2. The van der Waals surface area contributed by atoms with E-state index in [0.717, 1.165) is 18.2 Å². The fourth-order valence-electron chi connectivity index (χ4n) is 3.22. The SMILES string of the molecule is Cc1ccccc1-c1nc(NS(=O)(=O)c2cccc(OC3C(=O)OC(=O)C3=O)n2)ccc1C(F)(F)F. The molecule has 10 nitrogen and oxygen atoms in total. The quantitative estimate of drug-likeness (QED) is 0.294. The average Bonchev–Trinajstić information content (AvgIpc) is 3.04. The topological polar surface area (TPSA) is 142 Å². The van der Waals surface area contributed by atoms with E-state index in [4.69, 9.17) is 4.74 Å². The van der Waals surface area contributed by atoms with E-state index < -0.39 is 68.0 Å². The zero-order valence-corrected chi connectivity index (χ0v) is 18.9. The van der Waals surface area contributed by atoms with E-state index in [1.807, 2.05) is 0 Å². The van der Waals surface area contributed by atoms with Crippen molar-refractivity contribution in [2.45, 2.75) is 24.2 Å². The van der Waals surface area contributed by atoms with Crippen LogP contribution in [-0.2, 0) is 35.3 Å². The van der Waals surface area contributed by atoms with Gasteiger partial charge in [-0.25, -0.2) is 14.6 Å². The molecule has 0 bridgehead atoms. The van der Waals surface area contributed by atoms with Gasteiger partial charge in [0, 0.05) is 11.6 Å². The van der Waals surface area contributed by atoms with Crippen molar-refractivity contribution in [2.75, 3.05) is 4.72 Å². The fraction of sp³-hybridized carbons (Fsp3) is 0.136. The van der Waals surface area contributed by atoms with Gasteiger partial charge in [-0.3, -0.25) is 9.52 Å². The van der Waals surface area contributed by atoms with Crippen molar-refractivity contribution in [3.63, 3.8) is 0 Å². The number of Topliss-reactive ketones (excluding diaryl/α,β-unsaturated/α-hetero) is 1. The van der Waals surface area contributed by atoms with Crippen molar-refractivity contribution in [2.24, 2.45) is 0 Å². The molecule has 36 heavy (non-hydrogen) atoms. The van der Waals surface area contributed by atoms with Crippen molar-refractivity contribution in [1.82, 2.24) is 9.97 Å². The molecule has 0 radical (unpaired) electrons. The van der Waals surface area contributed by atoms with Crippen LogP contribution in [0.3, 0.4) is 0 Å². The summed E-state index contributed by atoms with van der Waals surface area (Å²) < 4.78 is 77.7. The Kier molecular flexibility index (Phi) is 6.22. The van der Waals surface area contributed by atoms with Crippen LogP contribution in [0.5, 0.6) is 5.88 Å². The lowest BCUT2D eigenvalue weighted by molar-refractivity contribution is -0.155. The lowest BCUT2D eigenvalue weighted by Crippen LogP contribution is -2.30. The number of esters is 2. The number of nitrogens with zero attached hydrogens (tertiary/aromatic N) is 2. The molecule has 186 valence electrons.